The predicted molar refractivity (Wildman–Crippen MR) is 60.4 cm³/mol. The van der Waals surface area contributed by atoms with Gasteiger partial charge >= 0.3 is 5.97 Å². The molecule has 1 heterocycles. The van der Waals surface area contributed by atoms with Crippen LogP contribution in [0.1, 0.15) is 32.6 Å². The lowest BCUT2D eigenvalue weighted by Gasteiger charge is -2.20. The minimum atomic E-state index is -0.849. The Balaban J connectivity index is 1.88. The van der Waals surface area contributed by atoms with Gasteiger partial charge in [0.05, 0.1) is 18.4 Å². The Morgan fingerprint density at radius 3 is 2.59 bits per heavy atom. The fourth-order valence-corrected chi connectivity index (χ4v) is 2.39. The molecule has 5 heteroatoms. The summed E-state index contributed by atoms with van der Waals surface area (Å²) in [4.78, 5) is 22.7. The molecule has 1 aliphatic heterocycles. The Bertz CT molecular complexity index is 314. The van der Waals surface area contributed by atoms with Crippen molar-refractivity contribution in [3.8, 4) is 0 Å². The number of carboxylic acid groups (broad SMARTS) is 1. The third kappa shape index (κ3) is 3.19. The topological polar surface area (TPSA) is 75.6 Å². The quantitative estimate of drug-likeness (QED) is 0.746. The second kappa shape index (κ2) is 5.04. The number of hydrogen-bond acceptors (Lipinski definition) is 3. The number of hydrogen-bond donors (Lipinski definition) is 2. The van der Waals surface area contributed by atoms with Gasteiger partial charge in [0.15, 0.2) is 0 Å². The maximum absolute atomic E-state index is 12.0. The molecule has 0 aromatic carbocycles. The number of nitrogens with one attached hydrogen (secondary N) is 1. The lowest BCUT2D eigenvalue weighted by Crippen LogP contribution is -2.43. The van der Waals surface area contributed by atoms with E-state index >= 15 is 0 Å². The minimum Gasteiger partial charge on any atom is -0.481 e. The Morgan fingerprint density at radius 2 is 2.12 bits per heavy atom. The Hall–Kier alpha value is -1.10. The number of rotatable bonds is 5. The summed E-state index contributed by atoms with van der Waals surface area (Å²) >= 11 is 0. The van der Waals surface area contributed by atoms with Crippen molar-refractivity contribution in [2.24, 2.45) is 11.8 Å². The van der Waals surface area contributed by atoms with Crippen LogP contribution in [0.25, 0.3) is 0 Å². The monoisotopic (exact) mass is 241 g/mol. The summed E-state index contributed by atoms with van der Waals surface area (Å²) in [5.74, 6) is -0.663. The van der Waals surface area contributed by atoms with Crippen LogP contribution in [0, 0.1) is 11.8 Å². The van der Waals surface area contributed by atoms with E-state index in [2.05, 4.69) is 5.32 Å². The molecule has 0 radical (unpaired) electrons. The van der Waals surface area contributed by atoms with Gasteiger partial charge in [0.2, 0.25) is 5.91 Å². The number of ether oxygens (including phenoxy) is 1. The lowest BCUT2D eigenvalue weighted by atomic mass is 10.00. The zero-order chi connectivity index (χ0) is 12.4. The van der Waals surface area contributed by atoms with Gasteiger partial charge < -0.3 is 15.2 Å². The average molecular weight is 241 g/mol. The number of aliphatic carboxylic acids is 1. The van der Waals surface area contributed by atoms with Crippen molar-refractivity contribution in [1.82, 2.24) is 5.32 Å². The first-order valence-electron chi connectivity index (χ1n) is 6.21. The molecule has 0 aromatic rings. The summed E-state index contributed by atoms with van der Waals surface area (Å²) in [6.07, 6.45) is 2.75. The van der Waals surface area contributed by atoms with Crippen LogP contribution in [-0.4, -0.2) is 35.7 Å². The van der Waals surface area contributed by atoms with Crippen molar-refractivity contribution in [2.45, 2.75) is 44.8 Å². The molecule has 5 nitrogen and oxygen atoms in total. The highest BCUT2D eigenvalue weighted by Crippen LogP contribution is 2.34. The fourth-order valence-electron chi connectivity index (χ4n) is 2.39. The summed E-state index contributed by atoms with van der Waals surface area (Å²) in [7, 11) is 0. The van der Waals surface area contributed by atoms with Crippen molar-refractivity contribution in [1.29, 1.82) is 0 Å². The molecule has 1 saturated carbocycles. The molecule has 1 amide bonds. The first kappa shape index (κ1) is 12.4. The van der Waals surface area contributed by atoms with E-state index in [1.807, 2.05) is 6.92 Å². The maximum Gasteiger partial charge on any atom is 0.305 e. The zero-order valence-electron chi connectivity index (χ0n) is 10.0. The maximum atomic E-state index is 12.0. The van der Waals surface area contributed by atoms with E-state index in [9.17, 15) is 9.59 Å². The molecule has 2 N–H and O–H groups in total. The van der Waals surface area contributed by atoms with Crippen LogP contribution in [-0.2, 0) is 14.3 Å². The normalized spacial score (nSPS) is 29.9. The van der Waals surface area contributed by atoms with Gasteiger partial charge in [-0.25, -0.2) is 0 Å². The van der Waals surface area contributed by atoms with Gasteiger partial charge in [-0.05, 0) is 32.1 Å². The minimum absolute atomic E-state index is 0.0262. The molecule has 2 aliphatic rings. The van der Waals surface area contributed by atoms with E-state index in [1.165, 1.54) is 0 Å². The molecule has 2 fully saturated rings. The third-order valence-corrected chi connectivity index (χ3v) is 3.63. The molecular weight excluding hydrogens is 222 g/mol. The Morgan fingerprint density at radius 1 is 1.41 bits per heavy atom. The molecule has 2 rings (SSSR count). The second-order valence-corrected chi connectivity index (χ2v) is 5.02. The van der Waals surface area contributed by atoms with Crippen LogP contribution in [0.5, 0.6) is 0 Å². The molecular formula is C12H19NO4. The van der Waals surface area contributed by atoms with Crippen LogP contribution >= 0.6 is 0 Å². The smallest absolute Gasteiger partial charge is 0.305 e. The van der Waals surface area contributed by atoms with E-state index in [-0.39, 0.29) is 30.4 Å². The first-order chi connectivity index (χ1) is 8.08. The van der Waals surface area contributed by atoms with Gasteiger partial charge in [0.25, 0.3) is 0 Å². The highest BCUT2D eigenvalue weighted by atomic mass is 16.5. The Labute approximate surface area is 101 Å². The van der Waals surface area contributed by atoms with Gasteiger partial charge in [0.1, 0.15) is 0 Å². The van der Waals surface area contributed by atoms with Crippen LogP contribution in [0.2, 0.25) is 0 Å². The molecule has 1 saturated heterocycles. The third-order valence-electron chi connectivity index (χ3n) is 3.63. The van der Waals surface area contributed by atoms with Gasteiger partial charge in [-0.15, -0.1) is 0 Å². The molecule has 0 aromatic heterocycles. The predicted octanol–water partition coefficient (Wildman–Crippen LogP) is 0.781. The summed E-state index contributed by atoms with van der Waals surface area (Å²) in [5.41, 5.74) is 0. The molecule has 0 bridgehead atoms. The van der Waals surface area contributed by atoms with Crippen LogP contribution in [0.3, 0.4) is 0 Å². The van der Waals surface area contributed by atoms with Gasteiger partial charge in [-0.3, -0.25) is 9.59 Å². The highest BCUT2D eigenvalue weighted by Gasteiger charge is 2.37. The van der Waals surface area contributed by atoms with Crippen LogP contribution in [0.4, 0.5) is 0 Å². The van der Waals surface area contributed by atoms with Gasteiger partial charge in [-0.1, -0.05) is 0 Å². The summed E-state index contributed by atoms with van der Waals surface area (Å²) in [6, 6.07) is -0.201. The number of carbonyl (C=O) groups is 2. The summed E-state index contributed by atoms with van der Waals surface area (Å²) < 4.78 is 5.35. The number of carbonyl (C=O) groups excluding carboxylic acids is 1. The van der Waals surface area contributed by atoms with E-state index in [0.717, 1.165) is 19.3 Å². The van der Waals surface area contributed by atoms with Crippen molar-refractivity contribution in [2.75, 3.05) is 6.61 Å². The molecule has 17 heavy (non-hydrogen) atoms. The summed E-state index contributed by atoms with van der Waals surface area (Å²) in [6.45, 7) is 2.51. The zero-order valence-corrected chi connectivity index (χ0v) is 10.0. The fraction of sp³-hybridized carbons (Fsp3) is 0.833. The van der Waals surface area contributed by atoms with E-state index in [1.54, 1.807) is 0 Å². The first-order valence-corrected chi connectivity index (χ1v) is 6.21. The summed E-state index contributed by atoms with van der Waals surface area (Å²) in [5, 5.41) is 11.7. The lowest BCUT2D eigenvalue weighted by molar-refractivity contribution is -0.138. The SMILES string of the molecule is CC1OCCC1C(=O)NC(CC(=O)O)C1CC1. The van der Waals surface area contributed by atoms with Gasteiger partial charge in [-0.2, -0.15) is 0 Å². The van der Waals surface area contributed by atoms with E-state index in [4.69, 9.17) is 9.84 Å². The van der Waals surface area contributed by atoms with Crippen LogP contribution < -0.4 is 5.32 Å². The molecule has 96 valence electrons. The van der Waals surface area contributed by atoms with Gasteiger partial charge in [0, 0.05) is 12.6 Å². The van der Waals surface area contributed by atoms with Crippen molar-refractivity contribution < 1.29 is 19.4 Å². The molecule has 3 unspecified atom stereocenters. The standard InChI is InChI=1S/C12H19NO4/c1-7-9(4-5-17-7)12(16)13-10(6-11(14)15)8-2-3-8/h7-10H,2-6H2,1H3,(H,13,16)(H,14,15). The molecule has 1 aliphatic carbocycles. The van der Waals surface area contributed by atoms with Crippen molar-refractivity contribution in [3.05, 3.63) is 0 Å². The van der Waals surface area contributed by atoms with Crippen LogP contribution in [0.15, 0.2) is 0 Å². The molecule has 3 atom stereocenters. The highest BCUT2D eigenvalue weighted by molar-refractivity contribution is 5.80. The number of amides is 1. The number of carboxylic acids is 1. The van der Waals surface area contributed by atoms with Crippen molar-refractivity contribution in [3.63, 3.8) is 0 Å². The average Bonchev–Trinajstić information content (AvgIpc) is 3.00. The van der Waals surface area contributed by atoms with E-state index < -0.39 is 5.97 Å². The molecule has 0 spiro atoms. The van der Waals surface area contributed by atoms with E-state index in [0.29, 0.717) is 12.5 Å². The van der Waals surface area contributed by atoms with Crippen molar-refractivity contribution >= 4 is 11.9 Å². The Kier molecular flexibility index (Phi) is 3.66. The largest absolute Gasteiger partial charge is 0.481 e. The second-order valence-electron chi connectivity index (χ2n) is 5.02.